The van der Waals surface area contributed by atoms with Gasteiger partial charge in [0.25, 0.3) is 5.91 Å². The molecule has 1 saturated heterocycles. The summed E-state index contributed by atoms with van der Waals surface area (Å²) >= 11 is 3.45. The van der Waals surface area contributed by atoms with Gasteiger partial charge in [0.1, 0.15) is 0 Å². The van der Waals surface area contributed by atoms with Crippen LogP contribution in [0.5, 0.6) is 0 Å². The van der Waals surface area contributed by atoms with Gasteiger partial charge in [-0.15, -0.1) is 0 Å². The standard InChI is InChI=1S/C13H15BrN2O/c1-7-8(3-2-4-11(7)14)13(17)16-12-9-5-15-6-10(9)12/h2-4,9-10,12,15H,5-6H2,1H3,(H,16,17). The van der Waals surface area contributed by atoms with Gasteiger partial charge in [0, 0.05) is 29.2 Å². The first kappa shape index (κ1) is 11.2. The normalized spacial score (nSPS) is 29.9. The van der Waals surface area contributed by atoms with E-state index >= 15 is 0 Å². The van der Waals surface area contributed by atoms with Crippen molar-refractivity contribution in [2.24, 2.45) is 11.8 Å². The topological polar surface area (TPSA) is 41.1 Å². The molecule has 2 atom stereocenters. The molecule has 1 aromatic rings. The Hall–Kier alpha value is -0.870. The monoisotopic (exact) mass is 294 g/mol. The van der Waals surface area contributed by atoms with Crippen LogP contribution < -0.4 is 10.6 Å². The SMILES string of the molecule is Cc1c(Br)cccc1C(=O)NC1C2CNCC21. The zero-order valence-corrected chi connectivity index (χ0v) is 11.3. The number of piperidine rings is 1. The van der Waals surface area contributed by atoms with Gasteiger partial charge in [-0.3, -0.25) is 4.79 Å². The molecule has 90 valence electrons. The van der Waals surface area contributed by atoms with E-state index in [9.17, 15) is 4.79 Å². The maximum Gasteiger partial charge on any atom is 0.251 e. The van der Waals surface area contributed by atoms with Gasteiger partial charge in [0.05, 0.1) is 0 Å². The average Bonchev–Trinajstić information content (AvgIpc) is 2.76. The van der Waals surface area contributed by atoms with Crippen LogP contribution >= 0.6 is 15.9 Å². The zero-order valence-electron chi connectivity index (χ0n) is 9.66. The molecular weight excluding hydrogens is 280 g/mol. The van der Waals surface area contributed by atoms with Crippen molar-refractivity contribution in [1.29, 1.82) is 0 Å². The third-order valence-corrected chi connectivity index (χ3v) is 4.76. The van der Waals surface area contributed by atoms with E-state index in [2.05, 4.69) is 26.6 Å². The van der Waals surface area contributed by atoms with E-state index in [0.29, 0.717) is 17.9 Å². The Morgan fingerprint density at radius 2 is 2.12 bits per heavy atom. The Morgan fingerprint density at radius 3 is 2.82 bits per heavy atom. The molecule has 1 aromatic carbocycles. The largest absolute Gasteiger partial charge is 0.349 e. The molecule has 1 saturated carbocycles. The first-order valence-corrected chi connectivity index (χ1v) is 6.74. The highest BCUT2D eigenvalue weighted by Gasteiger charge is 2.53. The number of benzene rings is 1. The Labute approximate surface area is 109 Å². The van der Waals surface area contributed by atoms with Crippen LogP contribution in [0.4, 0.5) is 0 Å². The highest BCUT2D eigenvalue weighted by Crippen LogP contribution is 2.41. The van der Waals surface area contributed by atoms with Crippen molar-refractivity contribution in [3.63, 3.8) is 0 Å². The van der Waals surface area contributed by atoms with Crippen molar-refractivity contribution in [2.75, 3.05) is 13.1 Å². The lowest BCUT2D eigenvalue weighted by molar-refractivity contribution is 0.0946. The third-order valence-electron chi connectivity index (χ3n) is 3.90. The Bertz CT molecular complexity index is 464. The number of carbonyl (C=O) groups excluding carboxylic acids is 1. The molecule has 2 unspecified atom stereocenters. The van der Waals surface area contributed by atoms with Gasteiger partial charge >= 0.3 is 0 Å². The zero-order chi connectivity index (χ0) is 12.0. The van der Waals surface area contributed by atoms with Crippen molar-refractivity contribution in [3.8, 4) is 0 Å². The Kier molecular flexibility index (Phi) is 2.71. The second-order valence-corrected chi connectivity index (χ2v) is 5.75. The van der Waals surface area contributed by atoms with E-state index in [1.807, 2.05) is 25.1 Å². The predicted molar refractivity (Wildman–Crippen MR) is 70.0 cm³/mol. The van der Waals surface area contributed by atoms with Crippen LogP contribution in [0.3, 0.4) is 0 Å². The van der Waals surface area contributed by atoms with Gasteiger partial charge in [-0.2, -0.15) is 0 Å². The Balaban J connectivity index is 1.72. The van der Waals surface area contributed by atoms with Gasteiger partial charge < -0.3 is 10.6 Å². The van der Waals surface area contributed by atoms with Crippen LogP contribution in [0.25, 0.3) is 0 Å². The summed E-state index contributed by atoms with van der Waals surface area (Å²) in [6, 6.07) is 6.14. The molecule has 1 aliphatic carbocycles. The van der Waals surface area contributed by atoms with Gasteiger partial charge in [0.15, 0.2) is 0 Å². The average molecular weight is 295 g/mol. The number of amides is 1. The first-order chi connectivity index (χ1) is 8.18. The number of rotatable bonds is 2. The van der Waals surface area contributed by atoms with Crippen LogP contribution in [-0.4, -0.2) is 25.0 Å². The molecule has 4 heteroatoms. The van der Waals surface area contributed by atoms with E-state index in [1.54, 1.807) is 0 Å². The summed E-state index contributed by atoms with van der Waals surface area (Å²) in [5.74, 6) is 1.38. The molecule has 17 heavy (non-hydrogen) atoms. The molecule has 1 heterocycles. The van der Waals surface area contributed by atoms with Crippen LogP contribution in [0.15, 0.2) is 22.7 Å². The van der Waals surface area contributed by atoms with Gasteiger partial charge in [-0.05, 0) is 36.5 Å². The molecule has 3 nitrogen and oxygen atoms in total. The minimum Gasteiger partial charge on any atom is -0.349 e. The quantitative estimate of drug-likeness (QED) is 0.872. The summed E-state index contributed by atoms with van der Waals surface area (Å²) in [5, 5.41) is 6.47. The van der Waals surface area contributed by atoms with E-state index in [0.717, 1.165) is 28.7 Å². The molecule has 1 aliphatic heterocycles. The number of halogens is 1. The van der Waals surface area contributed by atoms with Crippen molar-refractivity contribution in [3.05, 3.63) is 33.8 Å². The number of fused-ring (bicyclic) bond motifs is 1. The van der Waals surface area contributed by atoms with E-state index in [-0.39, 0.29) is 5.91 Å². The van der Waals surface area contributed by atoms with Crippen molar-refractivity contribution in [1.82, 2.24) is 10.6 Å². The number of hydrogen-bond acceptors (Lipinski definition) is 2. The molecule has 2 N–H and O–H groups in total. The maximum absolute atomic E-state index is 12.1. The fourth-order valence-electron chi connectivity index (χ4n) is 2.72. The minimum absolute atomic E-state index is 0.0585. The summed E-state index contributed by atoms with van der Waals surface area (Å²) < 4.78 is 0.989. The van der Waals surface area contributed by atoms with Gasteiger partial charge in [-0.1, -0.05) is 22.0 Å². The molecule has 0 spiro atoms. The fourth-order valence-corrected chi connectivity index (χ4v) is 3.08. The lowest BCUT2D eigenvalue weighted by Crippen LogP contribution is -2.32. The molecule has 0 aromatic heterocycles. The first-order valence-electron chi connectivity index (χ1n) is 5.95. The van der Waals surface area contributed by atoms with Crippen molar-refractivity contribution in [2.45, 2.75) is 13.0 Å². The number of hydrogen-bond donors (Lipinski definition) is 2. The maximum atomic E-state index is 12.1. The highest BCUT2D eigenvalue weighted by atomic mass is 79.9. The Morgan fingerprint density at radius 1 is 1.41 bits per heavy atom. The van der Waals surface area contributed by atoms with Crippen LogP contribution in [0.1, 0.15) is 15.9 Å². The summed E-state index contributed by atoms with van der Waals surface area (Å²) in [5.41, 5.74) is 1.78. The summed E-state index contributed by atoms with van der Waals surface area (Å²) in [6.45, 7) is 4.06. The summed E-state index contributed by atoms with van der Waals surface area (Å²) in [7, 11) is 0. The molecule has 2 fully saturated rings. The smallest absolute Gasteiger partial charge is 0.251 e. The fraction of sp³-hybridized carbons (Fsp3) is 0.462. The van der Waals surface area contributed by atoms with Gasteiger partial charge in [-0.25, -0.2) is 0 Å². The van der Waals surface area contributed by atoms with Crippen LogP contribution in [0, 0.1) is 18.8 Å². The van der Waals surface area contributed by atoms with Crippen LogP contribution in [-0.2, 0) is 0 Å². The minimum atomic E-state index is 0.0585. The van der Waals surface area contributed by atoms with Gasteiger partial charge in [0.2, 0.25) is 0 Å². The third kappa shape index (κ3) is 1.89. The van der Waals surface area contributed by atoms with E-state index in [1.165, 1.54) is 0 Å². The highest BCUT2D eigenvalue weighted by molar-refractivity contribution is 9.10. The summed E-state index contributed by atoms with van der Waals surface area (Å²) in [4.78, 5) is 12.1. The van der Waals surface area contributed by atoms with E-state index < -0.39 is 0 Å². The second-order valence-electron chi connectivity index (χ2n) is 4.90. The predicted octanol–water partition coefficient (Wildman–Crippen LogP) is 1.71. The summed E-state index contributed by atoms with van der Waals surface area (Å²) in [6.07, 6.45) is 0. The lowest BCUT2D eigenvalue weighted by atomic mass is 10.1. The second kappa shape index (κ2) is 4.10. The lowest BCUT2D eigenvalue weighted by Gasteiger charge is -2.10. The number of nitrogens with one attached hydrogen (secondary N) is 2. The molecular formula is C13H15BrN2O. The molecule has 2 aliphatic rings. The van der Waals surface area contributed by atoms with Crippen molar-refractivity contribution >= 4 is 21.8 Å². The molecule has 3 rings (SSSR count). The van der Waals surface area contributed by atoms with Crippen molar-refractivity contribution < 1.29 is 4.79 Å². The molecule has 1 amide bonds. The van der Waals surface area contributed by atoms with E-state index in [4.69, 9.17) is 0 Å². The molecule has 0 bridgehead atoms. The van der Waals surface area contributed by atoms with Crippen LogP contribution in [0.2, 0.25) is 0 Å². The molecule has 0 radical (unpaired) electrons. The number of carbonyl (C=O) groups is 1.